The molecule has 18 heavy (non-hydrogen) atoms. The van der Waals surface area contributed by atoms with Gasteiger partial charge in [0.05, 0.1) is 13.2 Å². The van der Waals surface area contributed by atoms with E-state index < -0.39 is 0 Å². The number of carbonyl (C=O) groups is 1. The lowest BCUT2D eigenvalue weighted by molar-refractivity contribution is 0.0383. The first-order chi connectivity index (χ1) is 8.75. The Morgan fingerprint density at radius 2 is 2.22 bits per heavy atom. The Morgan fingerprint density at radius 1 is 1.44 bits per heavy atom. The number of ether oxygens (including phenoxy) is 1. The summed E-state index contributed by atoms with van der Waals surface area (Å²) in [6, 6.07) is 1.68. The van der Waals surface area contributed by atoms with E-state index in [1.165, 1.54) is 6.33 Å². The highest BCUT2D eigenvalue weighted by Crippen LogP contribution is 1.97. The monoisotopic (exact) mass is 250 g/mol. The van der Waals surface area contributed by atoms with Gasteiger partial charge in [0.1, 0.15) is 12.0 Å². The zero-order chi connectivity index (χ0) is 12.8. The zero-order valence-electron chi connectivity index (χ0n) is 10.6. The van der Waals surface area contributed by atoms with E-state index in [1.54, 1.807) is 6.07 Å². The van der Waals surface area contributed by atoms with E-state index in [9.17, 15) is 4.79 Å². The first kappa shape index (κ1) is 12.9. The predicted octanol–water partition coefficient (Wildman–Crippen LogP) is -0.153. The molecule has 0 saturated carbocycles. The molecular formula is C12H18N4O2. The van der Waals surface area contributed by atoms with Crippen LogP contribution in [0.2, 0.25) is 0 Å². The van der Waals surface area contributed by atoms with Crippen molar-refractivity contribution in [2.45, 2.75) is 6.92 Å². The molecule has 0 spiro atoms. The molecule has 0 unspecified atom stereocenters. The lowest BCUT2D eigenvalue weighted by Crippen LogP contribution is -2.41. The van der Waals surface area contributed by atoms with Gasteiger partial charge in [-0.15, -0.1) is 0 Å². The third-order valence-electron chi connectivity index (χ3n) is 2.85. The number of carbonyl (C=O) groups excluding carboxylic acids is 1. The molecule has 1 aromatic rings. The number of morpholine rings is 1. The molecule has 1 amide bonds. The predicted molar refractivity (Wildman–Crippen MR) is 66.4 cm³/mol. The Balaban J connectivity index is 1.74. The molecule has 1 aliphatic rings. The number of hydrogen-bond acceptors (Lipinski definition) is 5. The van der Waals surface area contributed by atoms with Gasteiger partial charge in [-0.1, -0.05) is 0 Å². The number of rotatable bonds is 4. The fourth-order valence-electron chi connectivity index (χ4n) is 1.82. The molecule has 6 nitrogen and oxygen atoms in total. The van der Waals surface area contributed by atoms with E-state index >= 15 is 0 Å². The van der Waals surface area contributed by atoms with Crippen molar-refractivity contribution in [1.82, 2.24) is 20.2 Å². The second-order valence-corrected chi connectivity index (χ2v) is 4.25. The van der Waals surface area contributed by atoms with E-state index in [4.69, 9.17) is 4.74 Å². The highest BCUT2D eigenvalue weighted by molar-refractivity contribution is 5.92. The maximum Gasteiger partial charge on any atom is 0.270 e. The minimum Gasteiger partial charge on any atom is -0.379 e. The number of amides is 1. The highest BCUT2D eigenvalue weighted by atomic mass is 16.5. The summed E-state index contributed by atoms with van der Waals surface area (Å²) in [6.07, 6.45) is 1.41. The van der Waals surface area contributed by atoms with Crippen molar-refractivity contribution in [1.29, 1.82) is 0 Å². The van der Waals surface area contributed by atoms with E-state index in [0.717, 1.165) is 38.5 Å². The third-order valence-corrected chi connectivity index (χ3v) is 2.85. The van der Waals surface area contributed by atoms with Gasteiger partial charge in [-0.05, 0) is 13.0 Å². The van der Waals surface area contributed by atoms with E-state index in [0.29, 0.717) is 12.2 Å². The van der Waals surface area contributed by atoms with Gasteiger partial charge in [-0.3, -0.25) is 9.69 Å². The summed E-state index contributed by atoms with van der Waals surface area (Å²) in [4.78, 5) is 22.0. The smallest absolute Gasteiger partial charge is 0.270 e. The van der Waals surface area contributed by atoms with Gasteiger partial charge >= 0.3 is 0 Å². The van der Waals surface area contributed by atoms with Crippen LogP contribution in [0.15, 0.2) is 12.4 Å². The van der Waals surface area contributed by atoms with Crippen molar-refractivity contribution in [3.63, 3.8) is 0 Å². The number of aryl methyl sites for hydroxylation is 1. The molecule has 1 fully saturated rings. The molecule has 6 heteroatoms. The number of aromatic nitrogens is 2. The van der Waals surface area contributed by atoms with Crippen molar-refractivity contribution < 1.29 is 9.53 Å². The van der Waals surface area contributed by atoms with Crippen LogP contribution < -0.4 is 5.32 Å². The largest absolute Gasteiger partial charge is 0.379 e. The topological polar surface area (TPSA) is 67.4 Å². The molecule has 2 heterocycles. The Labute approximate surface area is 106 Å². The van der Waals surface area contributed by atoms with E-state index in [2.05, 4.69) is 20.2 Å². The van der Waals surface area contributed by atoms with Crippen LogP contribution >= 0.6 is 0 Å². The normalized spacial score (nSPS) is 16.5. The van der Waals surface area contributed by atoms with E-state index in [1.807, 2.05) is 6.92 Å². The molecule has 0 atom stereocenters. The van der Waals surface area contributed by atoms with Crippen molar-refractivity contribution in [3.8, 4) is 0 Å². The summed E-state index contributed by atoms with van der Waals surface area (Å²) in [5.41, 5.74) is 1.22. The summed E-state index contributed by atoms with van der Waals surface area (Å²) in [7, 11) is 0. The SMILES string of the molecule is Cc1cc(C(=O)NCCN2CCOCC2)ncn1. The Bertz CT molecular complexity index is 405. The first-order valence-corrected chi connectivity index (χ1v) is 6.12. The van der Waals surface area contributed by atoms with Crippen LogP contribution in [0, 0.1) is 6.92 Å². The summed E-state index contributed by atoms with van der Waals surface area (Å²) in [6.45, 7) is 6.73. The maximum atomic E-state index is 11.8. The van der Waals surface area contributed by atoms with Crippen molar-refractivity contribution in [2.75, 3.05) is 39.4 Å². The zero-order valence-corrected chi connectivity index (χ0v) is 10.6. The Hall–Kier alpha value is -1.53. The van der Waals surface area contributed by atoms with Crippen molar-refractivity contribution in [2.24, 2.45) is 0 Å². The van der Waals surface area contributed by atoms with Crippen molar-refractivity contribution in [3.05, 3.63) is 23.8 Å². The van der Waals surface area contributed by atoms with Gasteiger partial charge in [0.2, 0.25) is 0 Å². The minimum atomic E-state index is -0.145. The number of nitrogens with one attached hydrogen (secondary N) is 1. The lowest BCUT2D eigenvalue weighted by atomic mass is 10.3. The molecular weight excluding hydrogens is 232 g/mol. The first-order valence-electron chi connectivity index (χ1n) is 6.12. The number of nitrogens with zero attached hydrogens (tertiary/aromatic N) is 3. The number of hydrogen-bond donors (Lipinski definition) is 1. The fraction of sp³-hybridized carbons (Fsp3) is 0.583. The standard InChI is InChI=1S/C12H18N4O2/c1-10-8-11(15-9-14-10)12(17)13-2-3-16-4-6-18-7-5-16/h8-9H,2-7H2,1H3,(H,13,17). The second kappa shape index (κ2) is 6.42. The van der Waals surface area contributed by atoms with Gasteiger partial charge in [0.25, 0.3) is 5.91 Å². The summed E-state index contributed by atoms with van der Waals surface area (Å²) >= 11 is 0. The average molecular weight is 250 g/mol. The molecule has 1 N–H and O–H groups in total. The van der Waals surface area contributed by atoms with E-state index in [-0.39, 0.29) is 5.91 Å². The van der Waals surface area contributed by atoms with Gasteiger partial charge < -0.3 is 10.1 Å². The third kappa shape index (κ3) is 3.75. The Kier molecular flexibility index (Phi) is 4.60. The lowest BCUT2D eigenvalue weighted by Gasteiger charge is -2.26. The van der Waals surface area contributed by atoms with Gasteiger partial charge in [0, 0.05) is 31.9 Å². The van der Waals surface area contributed by atoms with Crippen LogP contribution in [0.25, 0.3) is 0 Å². The van der Waals surface area contributed by atoms with Gasteiger partial charge in [-0.25, -0.2) is 9.97 Å². The van der Waals surface area contributed by atoms with Crippen LogP contribution in [0.4, 0.5) is 0 Å². The maximum absolute atomic E-state index is 11.8. The van der Waals surface area contributed by atoms with Crippen molar-refractivity contribution >= 4 is 5.91 Å². The molecule has 1 saturated heterocycles. The molecule has 1 aliphatic heterocycles. The summed E-state index contributed by atoms with van der Waals surface area (Å²) in [5.74, 6) is -0.145. The highest BCUT2D eigenvalue weighted by Gasteiger charge is 2.11. The summed E-state index contributed by atoms with van der Waals surface area (Å²) in [5, 5.41) is 2.86. The van der Waals surface area contributed by atoms with Crippen LogP contribution in [-0.4, -0.2) is 60.2 Å². The molecule has 1 aromatic heterocycles. The average Bonchev–Trinajstić information content (AvgIpc) is 2.40. The second-order valence-electron chi connectivity index (χ2n) is 4.25. The quantitative estimate of drug-likeness (QED) is 0.804. The van der Waals surface area contributed by atoms with Crippen LogP contribution in [-0.2, 0) is 4.74 Å². The van der Waals surface area contributed by atoms with Crippen LogP contribution in [0.5, 0.6) is 0 Å². The molecule has 0 radical (unpaired) electrons. The molecule has 0 aliphatic carbocycles. The molecule has 2 rings (SSSR count). The van der Waals surface area contributed by atoms with Gasteiger partial charge in [-0.2, -0.15) is 0 Å². The molecule has 0 aromatic carbocycles. The fourth-order valence-corrected chi connectivity index (χ4v) is 1.82. The van der Waals surface area contributed by atoms with Crippen LogP contribution in [0.3, 0.4) is 0 Å². The molecule has 0 bridgehead atoms. The van der Waals surface area contributed by atoms with Crippen LogP contribution in [0.1, 0.15) is 16.2 Å². The Morgan fingerprint density at radius 3 is 2.94 bits per heavy atom. The summed E-state index contributed by atoms with van der Waals surface area (Å²) < 4.78 is 5.26. The molecule has 98 valence electrons. The minimum absolute atomic E-state index is 0.145. The van der Waals surface area contributed by atoms with Gasteiger partial charge in [0.15, 0.2) is 0 Å².